The maximum absolute atomic E-state index is 12.8. The number of imide groups is 1. The van der Waals surface area contributed by atoms with Crippen molar-refractivity contribution in [2.24, 2.45) is 0 Å². The number of hydrogen-bond donors (Lipinski definition) is 0. The number of fused-ring (bicyclic) bond motifs is 1. The van der Waals surface area contributed by atoms with Gasteiger partial charge in [-0.25, -0.2) is 9.69 Å². The summed E-state index contributed by atoms with van der Waals surface area (Å²) in [6.45, 7) is -0.500. The summed E-state index contributed by atoms with van der Waals surface area (Å²) >= 11 is 5.87. The van der Waals surface area contributed by atoms with Crippen molar-refractivity contribution in [3.63, 3.8) is 0 Å². The maximum atomic E-state index is 12.8. The lowest BCUT2D eigenvalue weighted by Gasteiger charge is -2.13. The van der Waals surface area contributed by atoms with E-state index in [4.69, 9.17) is 21.1 Å². The Morgan fingerprint density at radius 3 is 2.31 bits per heavy atom. The number of ether oxygens (including phenoxy) is 2. The zero-order chi connectivity index (χ0) is 22.8. The number of esters is 1. The Kier molecular flexibility index (Phi) is 5.75. The quantitative estimate of drug-likeness (QED) is 0.318. The number of halogens is 1. The van der Waals surface area contributed by atoms with Crippen LogP contribution in [-0.4, -0.2) is 37.3 Å². The summed E-state index contributed by atoms with van der Waals surface area (Å²) in [5.41, 5.74) is 0.959. The van der Waals surface area contributed by atoms with Crippen molar-refractivity contribution in [3.8, 4) is 5.75 Å². The molecule has 0 saturated heterocycles. The molecule has 0 unspecified atom stereocenters. The highest BCUT2D eigenvalue weighted by molar-refractivity contribution is 6.35. The van der Waals surface area contributed by atoms with Gasteiger partial charge in [0.25, 0.3) is 11.8 Å². The molecule has 0 aliphatic carbocycles. The zero-order valence-electron chi connectivity index (χ0n) is 16.8. The number of nitrogens with zero attached hydrogens (tertiary/aromatic N) is 1. The van der Waals surface area contributed by atoms with Gasteiger partial charge in [-0.1, -0.05) is 23.7 Å². The molecule has 0 bridgehead atoms. The second-order valence-electron chi connectivity index (χ2n) is 6.88. The van der Waals surface area contributed by atoms with Crippen LogP contribution in [0.25, 0.3) is 0 Å². The first kappa shape index (κ1) is 21.3. The van der Waals surface area contributed by atoms with Crippen LogP contribution in [0.3, 0.4) is 0 Å². The molecule has 0 radical (unpaired) electrons. The fourth-order valence-electron chi connectivity index (χ4n) is 3.36. The number of hydrogen-bond acceptors (Lipinski definition) is 6. The van der Waals surface area contributed by atoms with Crippen LogP contribution in [0.15, 0.2) is 66.7 Å². The predicted octanol–water partition coefficient (Wildman–Crippen LogP) is 4.19. The van der Waals surface area contributed by atoms with Crippen LogP contribution >= 0.6 is 11.6 Å². The van der Waals surface area contributed by atoms with Gasteiger partial charge in [0.15, 0.2) is 6.61 Å². The van der Waals surface area contributed by atoms with Crippen molar-refractivity contribution in [3.05, 3.63) is 94.0 Å². The van der Waals surface area contributed by atoms with Gasteiger partial charge in [0.2, 0.25) is 5.78 Å². The Balaban J connectivity index is 1.51. The molecule has 3 aromatic rings. The second-order valence-corrected chi connectivity index (χ2v) is 7.32. The van der Waals surface area contributed by atoms with Crippen molar-refractivity contribution in [2.75, 3.05) is 18.6 Å². The Bertz CT molecular complexity index is 1250. The average molecular weight is 450 g/mol. The smallest absolute Gasteiger partial charge is 0.338 e. The van der Waals surface area contributed by atoms with E-state index in [1.54, 1.807) is 48.5 Å². The van der Waals surface area contributed by atoms with Crippen LogP contribution in [0.2, 0.25) is 5.02 Å². The summed E-state index contributed by atoms with van der Waals surface area (Å²) in [6.07, 6.45) is 0. The number of carbonyl (C=O) groups excluding carboxylic acids is 4. The Morgan fingerprint density at radius 1 is 0.906 bits per heavy atom. The second kappa shape index (κ2) is 8.64. The third-order valence-electron chi connectivity index (χ3n) is 4.95. The Hall–Kier alpha value is -3.97. The van der Waals surface area contributed by atoms with Crippen LogP contribution in [0.5, 0.6) is 5.75 Å². The summed E-state index contributed by atoms with van der Waals surface area (Å²) in [6, 6.07) is 16.9. The predicted molar refractivity (Wildman–Crippen MR) is 117 cm³/mol. The van der Waals surface area contributed by atoms with E-state index in [1.807, 2.05) is 0 Å². The standard InChI is InChI=1S/C24H16ClNO6/c1-31-21-5-3-2-4-18(21)20(27)13-32-24(30)14-6-11-17-19(12-14)23(29)26(22(17)28)16-9-7-15(25)8-10-16/h2-12H,13H2,1H3. The molecule has 0 spiro atoms. The fraction of sp³-hybridized carbons (Fsp3) is 0.0833. The molecule has 0 fully saturated rings. The van der Waals surface area contributed by atoms with Gasteiger partial charge in [-0.15, -0.1) is 0 Å². The lowest BCUT2D eigenvalue weighted by Crippen LogP contribution is -2.29. The molecule has 8 heteroatoms. The summed E-state index contributed by atoms with van der Waals surface area (Å²) in [7, 11) is 1.44. The fourth-order valence-corrected chi connectivity index (χ4v) is 3.49. The van der Waals surface area contributed by atoms with E-state index in [0.29, 0.717) is 16.5 Å². The molecule has 1 aliphatic rings. The van der Waals surface area contributed by atoms with Gasteiger partial charge < -0.3 is 9.47 Å². The minimum atomic E-state index is -0.791. The molecule has 0 atom stereocenters. The highest BCUT2D eigenvalue weighted by Gasteiger charge is 2.37. The Morgan fingerprint density at radius 2 is 1.59 bits per heavy atom. The zero-order valence-corrected chi connectivity index (χ0v) is 17.6. The number of anilines is 1. The molecule has 1 heterocycles. The average Bonchev–Trinajstić information content (AvgIpc) is 3.07. The normalized spacial score (nSPS) is 12.5. The number of benzene rings is 3. The molecule has 3 aromatic carbocycles. The largest absolute Gasteiger partial charge is 0.496 e. The van der Waals surface area contributed by atoms with E-state index in [9.17, 15) is 19.2 Å². The van der Waals surface area contributed by atoms with Crippen molar-refractivity contribution in [1.82, 2.24) is 0 Å². The van der Waals surface area contributed by atoms with Gasteiger partial charge in [0, 0.05) is 5.02 Å². The lowest BCUT2D eigenvalue weighted by atomic mass is 10.1. The topological polar surface area (TPSA) is 90.0 Å². The van der Waals surface area contributed by atoms with Crippen LogP contribution in [-0.2, 0) is 4.74 Å². The molecule has 160 valence electrons. The van der Waals surface area contributed by atoms with Gasteiger partial charge >= 0.3 is 5.97 Å². The first-order chi connectivity index (χ1) is 15.4. The monoisotopic (exact) mass is 449 g/mol. The van der Waals surface area contributed by atoms with Gasteiger partial charge in [-0.05, 0) is 54.6 Å². The van der Waals surface area contributed by atoms with Gasteiger partial charge in [0.05, 0.1) is 35.1 Å². The van der Waals surface area contributed by atoms with Crippen molar-refractivity contribution < 1.29 is 28.7 Å². The molecular formula is C24H16ClNO6. The summed E-state index contributed by atoms with van der Waals surface area (Å²) in [5, 5.41) is 0.470. The lowest BCUT2D eigenvalue weighted by molar-refractivity contribution is 0.0474. The number of amides is 2. The Labute approximate surface area is 188 Å². The number of ketones is 1. The third kappa shape index (κ3) is 3.86. The van der Waals surface area contributed by atoms with E-state index < -0.39 is 30.2 Å². The van der Waals surface area contributed by atoms with E-state index in [1.165, 1.54) is 25.3 Å². The molecule has 2 amide bonds. The maximum Gasteiger partial charge on any atom is 0.338 e. The SMILES string of the molecule is COc1ccccc1C(=O)COC(=O)c1ccc2c(c1)C(=O)N(c1ccc(Cl)cc1)C2=O. The summed E-state index contributed by atoms with van der Waals surface area (Å²) < 4.78 is 10.3. The van der Waals surface area contributed by atoms with Gasteiger partial charge in [0.1, 0.15) is 5.75 Å². The van der Waals surface area contributed by atoms with Crippen LogP contribution in [0.4, 0.5) is 5.69 Å². The number of carbonyl (C=O) groups is 4. The molecule has 0 N–H and O–H groups in total. The first-order valence-corrected chi connectivity index (χ1v) is 9.90. The van der Waals surface area contributed by atoms with E-state index >= 15 is 0 Å². The van der Waals surface area contributed by atoms with Gasteiger partial charge in [-0.3, -0.25) is 14.4 Å². The summed E-state index contributed by atoms with van der Waals surface area (Å²) in [5.74, 6) is -1.92. The molecule has 32 heavy (non-hydrogen) atoms. The number of rotatable bonds is 6. The molecule has 4 rings (SSSR count). The molecule has 1 aliphatic heterocycles. The number of methoxy groups -OCH3 is 1. The van der Waals surface area contributed by atoms with Crippen molar-refractivity contribution in [1.29, 1.82) is 0 Å². The van der Waals surface area contributed by atoms with Crippen LogP contribution in [0.1, 0.15) is 41.4 Å². The van der Waals surface area contributed by atoms with Crippen LogP contribution < -0.4 is 9.64 Å². The third-order valence-corrected chi connectivity index (χ3v) is 5.20. The van der Waals surface area contributed by atoms with Crippen molar-refractivity contribution >= 4 is 40.9 Å². The highest BCUT2D eigenvalue weighted by Crippen LogP contribution is 2.30. The molecule has 7 nitrogen and oxygen atoms in total. The first-order valence-electron chi connectivity index (χ1n) is 9.52. The molecular weight excluding hydrogens is 434 g/mol. The van der Waals surface area contributed by atoms with Crippen LogP contribution in [0, 0.1) is 0 Å². The van der Waals surface area contributed by atoms with E-state index in [2.05, 4.69) is 0 Å². The summed E-state index contributed by atoms with van der Waals surface area (Å²) in [4.78, 5) is 51.4. The van der Waals surface area contributed by atoms with Crippen molar-refractivity contribution in [2.45, 2.75) is 0 Å². The minimum absolute atomic E-state index is 0.0516. The number of para-hydroxylation sites is 1. The van der Waals surface area contributed by atoms with E-state index in [0.717, 1.165) is 4.90 Å². The van der Waals surface area contributed by atoms with E-state index in [-0.39, 0.29) is 22.3 Å². The minimum Gasteiger partial charge on any atom is -0.496 e. The molecule has 0 saturated carbocycles. The van der Waals surface area contributed by atoms with Gasteiger partial charge in [-0.2, -0.15) is 0 Å². The number of Topliss-reactive ketones (excluding diaryl/α,β-unsaturated/α-hetero) is 1. The molecule has 0 aromatic heterocycles. The highest BCUT2D eigenvalue weighted by atomic mass is 35.5.